The van der Waals surface area contributed by atoms with Crippen LogP contribution >= 0.6 is 11.8 Å². The van der Waals surface area contributed by atoms with Crippen molar-refractivity contribution >= 4 is 11.8 Å². The van der Waals surface area contributed by atoms with Gasteiger partial charge < -0.3 is 4.90 Å². The van der Waals surface area contributed by atoms with Crippen LogP contribution in [0.1, 0.15) is 32.1 Å². The van der Waals surface area contributed by atoms with Gasteiger partial charge in [-0.25, -0.2) is 4.98 Å². The molecule has 2 aliphatic rings. The van der Waals surface area contributed by atoms with Crippen LogP contribution in [0, 0.1) is 5.92 Å². The fraction of sp³-hybridized carbons (Fsp3) is 0.556. The lowest BCUT2D eigenvalue weighted by molar-refractivity contribution is 0.0693. The number of piperidine rings is 2. The van der Waals surface area contributed by atoms with Gasteiger partial charge >= 0.3 is 0 Å². The van der Waals surface area contributed by atoms with Gasteiger partial charge in [0.1, 0.15) is 0 Å². The lowest BCUT2D eigenvalue weighted by Crippen LogP contribution is -2.48. The predicted molar refractivity (Wildman–Crippen MR) is 94.5 cm³/mol. The molecule has 0 amide bonds. The van der Waals surface area contributed by atoms with E-state index in [0.29, 0.717) is 0 Å². The Morgan fingerprint density at radius 1 is 1.09 bits per heavy atom. The van der Waals surface area contributed by atoms with E-state index in [1.54, 1.807) is 0 Å². The first-order valence-corrected chi connectivity index (χ1v) is 9.73. The third-order valence-electron chi connectivity index (χ3n) is 5.17. The van der Waals surface area contributed by atoms with E-state index < -0.39 is 0 Å². The Morgan fingerprint density at radius 3 is 2.87 bits per heavy atom. The minimum Gasteiger partial charge on any atom is -0.300 e. The molecule has 4 nitrogen and oxygen atoms in total. The number of nitrogens with zero attached hydrogens (tertiary/aromatic N) is 3. The van der Waals surface area contributed by atoms with Crippen molar-refractivity contribution in [2.75, 3.05) is 18.8 Å². The van der Waals surface area contributed by atoms with Crippen LogP contribution in [0.15, 0.2) is 35.5 Å². The second kappa shape index (κ2) is 7.05. The van der Waals surface area contributed by atoms with Crippen LogP contribution in [-0.2, 0) is 0 Å². The van der Waals surface area contributed by atoms with Gasteiger partial charge in [0.15, 0.2) is 5.82 Å². The van der Waals surface area contributed by atoms with Crippen molar-refractivity contribution in [1.82, 2.24) is 20.1 Å². The van der Waals surface area contributed by atoms with Crippen LogP contribution in [0.5, 0.6) is 0 Å². The number of benzene rings is 1. The third-order valence-corrected chi connectivity index (χ3v) is 6.20. The molecule has 0 unspecified atom stereocenters. The minimum atomic E-state index is 0.799. The maximum Gasteiger partial charge on any atom is 0.208 e. The summed E-state index contributed by atoms with van der Waals surface area (Å²) in [5.74, 6) is 2.82. The maximum absolute atomic E-state index is 4.65. The van der Waals surface area contributed by atoms with E-state index in [1.165, 1.54) is 45.2 Å². The average Bonchev–Trinajstić information content (AvgIpc) is 3.10. The summed E-state index contributed by atoms with van der Waals surface area (Å²) in [7, 11) is 0. The molecule has 1 aromatic heterocycles. The Balaban J connectivity index is 1.38. The maximum atomic E-state index is 4.65. The Morgan fingerprint density at radius 2 is 1.96 bits per heavy atom. The molecule has 0 radical (unpaired) electrons. The third kappa shape index (κ3) is 3.45. The molecule has 2 saturated heterocycles. The van der Waals surface area contributed by atoms with E-state index in [-0.39, 0.29) is 0 Å². The molecule has 3 heterocycles. The molecular formula is C18H24N4S. The molecule has 5 heteroatoms. The zero-order chi connectivity index (χ0) is 15.5. The molecule has 0 aliphatic carbocycles. The Labute approximate surface area is 142 Å². The minimum absolute atomic E-state index is 0.799. The SMILES string of the molecule is c1ccc(-c2nc(SC[C@H]3CCCN4CCCC[C@@H]34)n[nH]2)cc1. The summed E-state index contributed by atoms with van der Waals surface area (Å²) in [4.78, 5) is 7.38. The van der Waals surface area contributed by atoms with Gasteiger partial charge in [0, 0.05) is 17.4 Å². The van der Waals surface area contributed by atoms with Crippen LogP contribution in [0.4, 0.5) is 0 Å². The number of aromatic nitrogens is 3. The molecule has 2 aliphatic heterocycles. The highest BCUT2D eigenvalue weighted by Crippen LogP contribution is 2.34. The number of hydrogen-bond donors (Lipinski definition) is 1. The number of thioether (sulfide) groups is 1. The Kier molecular flexibility index (Phi) is 4.67. The molecule has 0 bridgehead atoms. The largest absolute Gasteiger partial charge is 0.300 e. The van der Waals surface area contributed by atoms with Crippen molar-refractivity contribution in [2.24, 2.45) is 5.92 Å². The number of rotatable bonds is 4. The molecule has 2 fully saturated rings. The average molecular weight is 328 g/mol. The summed E-state index contributed by atoms with van der Waals surface area (Å²) < 4.78 is 0. The van der Waals surface area contributed by atoms with E-state index in [2.05, 4.69) is 32.2 Å². The zero-order valence-corrected chi connectivity index (χ0v) is 14.3. The Bertz CT molecular complexity index is 625. The number of nitrogens with one attached hydrogen (secondary N) is 1. The lowest BCUT2D eigenvalue weighted by atomic mass is 9.85. The van der Waals surface area contributed by atoms with Crippen LogP contribution in [0.25, 0.3) is 11.4 Å². The van der Waals surface area contributed by atoms with E-state index in [4.69, 9.17) is 0 Å². The van der Waals surface area contributed by atoms with E-state index in [9.17, 15) is 0 Å². The first-order chi connectivity index (χ1) is 11.4. The van der Waals surface area contributed by atoms with Crippen LogP contribution in [0.3, 0.4) is 0 Å². The lowest BCUT2D eigenvalue weighted by Gasteiger charge is -2.44. The van der Waals surface area contributed by atoms with Crippen molar-refractivity contribution in [3.63, 3.8) is 0 Å². The highest BCUT2D eigenvalue weighted by atomic mass is 32.2. The summed E-state index contributed by atoms with van der Waals surface area (Å²) in [6.07, 6.45) is 6.89. The molecule has 2 aromatic rings. The predicted octanol–water partition coefficient (Wildman–Crippen LogP) is 3.83. The van der Waals surface area contributed by atoms with Gasteiger partial charge in [0.2, 0.25) is 5.16 Å². The van der Waals surface area contributed by atoms with Crippen molar-refractivity contribution in [2.45, 2.75) is 43.3 Å². The summed E-state index contributed by atoms with van der Waals surface area (Å²) in [6.45, 7) is 2.62. The highest BCUT2D eigenvalue weighted by molar-refractivity contribution is 7.99. The summed E-state index contributed by atoms with van der Waals surface area (Å²) >= 11 is 1.82. The van der Waals surface area contributed by atoms with Crippen LogP contribution in [-0.4, -0.2) is 45.0 Å². The molecule has 0 spiro atoms. The zero-order valence-electron chi connectivity index (χ0n) is 13.4. The molecule has 122 valence electrons. The molecule has 1 aromatic carbocycles. The normalized spacial score (nSPS) is 25.2. The fourth-order valence-corrected chi connectivity index (χ4v) is 5.01. The molecular weight excluding hydrogens is 304 g/mol. The van der Waals surface area contributed by atoms with Crippen LogP contribution in [0.2, 0.25) is 0 Å². The molecule has 23 heavy (non-hydrogen) atoms. The van der Waals surface area contributed by atoms with Gasteiger partial charge in [-0.05, 0) is 44.7 Å². The molecule has 0 saturated carbocycles. The standard InChI is InChI=1S/C18H24N4S/c1-2-7-14(8-3-1)17-19-18(21-20-17)23-13-15-9-6-12-22-11-5-4-10-16(15)22/h1-3,7-8,15-16H,4-6,9-13H2,(H,19,20,21)/t15-,16+/m1/s1. The number of hydrogen-bond acceptors (Lipinski definition) is 4. The van der Waals surface area contributed by atoms with Crippen molar-refractivity contribution in [1.29, 1.82) is 0 Å². The molecule has 1 N–H and O–H groups in total. The monoisotopic (exact) mass is 328 g/mol. The van der Waals surface area contributed by atoms with Gasteiger partial charge in [-0.1, -0.05) is 48.5 Å². The topological polar surface area (TPSA) is 44.8 Å². The van der Waals surface area contributed by atoms with Gasteiger partial charge in [-0.2, -0.15) is 0 Å². The van der Waals surface area contributed by atoms with Gasteiger partial charge in [0.25, 0.3) is 0 Å². The van der Waals surface area contributed by atoms with Gasteiger partial charge in [-0.15, -0.1) is 5.10 Å². The molecule has 4 rings (SSSR count). The number of fused-ring (bicyclic) bond motifs is 1. The molecule has 2 atom stereocenters. The van der Waals surface area contributed by atoms with Gasteiger partial charge in [0.05, 0.1) is 0 Å². The second-order valence-corrected chi connectivity index (χ2v) is 7.63. The Hall–Kier alpha value is -1.33. The first-order valence-electron chi connectivity index (χ1n) is 8.75. The number of H-pyrrole nitrogens is 1. The van der Waals surface area contributed by atoms with E-state index in [1.807, 2.05) is 30.0 Å². The van der Waals surface area contributed by atoms with Crippen molar-refractivity contribution < 1.29 is 0 Å². The fourth-order valence-electron chi connectivity index (χ4n) is 3.99. The second-order valence-electron chi connectivity index (χ2n) is 6.65. The first kappa shape index (κ1) is 15.2. The summed E-state index contributed by atoms with van der Waals surface area (Å²) in [5.41, 5.74) is 1.10. The smallest absolute Gasteiger partial charge is 0.208 e. The van der Waals surface area contributed by atoms with Crippen molar-refractivity contribution in [3.8, 4) is 11.4 Å². The van der Waals surface area contributed by atoms with E-state index >= 15 is 0 Å². The quantitative estimate of drug-likeness (QED) is 0.867. The van der Waals surface area contributed by atoms with Crippen LogP contribution < -0.4 is 0 Å². The van der Waals surface area contributed by atoms with Crippen molar-refractivity contribution in [3.05, 3.63) is 30.3 Å². The highest BCUT2D eigenvalue weighted by Gasteiger charge is 2.32. The van der Waals surface area contributed by atoms with Gasteiger partial charge in [-0.3, -0.25) is 5.10 Å². The number of aromatic amines is 1. The summed E-state index contributed by atoms with van der Waals surface area (Å²) in [6, 6.07) is 11.0. The summed E-state index contributed by atoms with van der Waals surface area (Å²) in [5, 5.41) is 8.35. The van der Waals surface area contributed by atoms with E-state index in [0.717, 1.165) is 34.3 Å².